The lowest BCUT2D eigenvalue weighted by atomic mass is 10.1. The van der Waals surface area contributed by atoms with Gasteiger partial charge in [-0.2, -0.15) is 0 Å². The summed E-state index contributed by atoms with van der Waals surface area (Å²) in [5, 5.41) is 9.75. The molecule has 2 aromatic rings. The van der Waals surface area contributed by atoms with Gasteiger partial charge in [-0.25, -0.2) is 0 Å². The molecule has 1 aliphatic rings. The molecule has 2 aromatic carbocycles. The summed E-state index contributed by atoms with van der Waals surface area (Å²) in [6.45, 7) is 5.10. The van der Waals surface area contributed by atoms with E-state index in [1.165, 1.54) is 11.1 Å². The van der Waals surface area contributed by atoms with Gasteiger partial charge in [0, 0.05) is 38.8 Å². The molecular formula is C19H25ClN2O. The molecular weight excluding hydrogens is 308 g/mol. The predicted octanol–water partition coefficient (Wildman–Crippen LogP) is 2.79. The Morgan fingerprint density at radius 2 is 1.39 bits per heavy atom. The standard InChI is InChI=1S/C19H24N2O.ClH/c22-16-19-15-20(13-17-7-3-1-4-8-17)11-12-21(19)14-18-9-5-2-6-10-18;/h1-10,19,22H,11-16H2;1H/t19-;/m1./s1. The molecule has 4 heteroatoms. The number of hydrogen-bond donors (Lipinski definition) is 1. The number of piperazine rings is 1. The van der Waals surface area contributed by atoms with Crippen molar-refractivity contribution in [3.63, 3.8) is 0 Å². The summed E-state index contributed by atoms with van der Waals surface area (Å²) in [4.78, 5) is 4.84. The van der Waals surface area contributed by atoms with Crippen LogP contribution in [-0.2, 0) is 13.1 Å². The van der Waals surface area contributed by atoms with Crippen molar-refractivity contribution in [3.8, 4) is 0 Å². The van der Waals surface area contributed by atoms with E-state index in [0.717, 1.165) is 32.7 Å². The highest BCUT2D eigenvalue weighted by Gasteiger charge is 2.26. The molecule has 3 rings (SSSR count). The average molecular weight is 333 g/mol. The van der Waals surface area contributed by atoms with Crippen LogP contribution in [0, 0.1) is 0 Å². The minimum Gasteiger partial charge on any atom is -0.395 e. The number of hydrogen-bond acceptors (Lipinski definition) is 3. The van der Waals surface area contributed by atoms with Gasteiger partial charge in [-0.15, -0.1) is 12.4 Å². The highest BCUT2D eigenvalue weighted by molar-refractivity contribution is 5.85. The molecule has 0 radical (unpaired) electrons. The van der Waals surface area contributed by atoms with E-state index >= 15 is 0 Å². The van der Waals surface area contributed by atoms with Gasteiger partial charge in [-0.3, -0.25) is 9.80 Å². The van der Waals surface area contributed by atoms with Crippen LogP contribution in [0.2, 0.25) is 0 Å². The van der Waals surface area contributed by atoms with E-state index in [2.05, 4.69) is 64.4 Å². The second-order valence-electron chi connectivity index (χ2n) is 6.01. The summed E-state index contributed by atoms with van der Waals surface area (Å²) >= 11 is 0. The first-order chi connectivity index (χ1) is 10.8. The summed E-state index contributed by atoms with van der Waals surface area (Å²) in [6.07, 6.45) is 0. The van der Waals surface area contributed by atoms with Gasteiger partial charge in [0.05, 0.1) is 6.61 Å². The topological polar surface area (TPSA) is 26.7 Å². The fraction of sp³-hybridized carbons (Fsp3) is 0.368. The van der Waals surface area contributed by atoms with Crippen LogP contribution >= 0.6 is 12.4 Å². The van der Waals surface area contributed by atoms with Crippen LogP contribution < -0.4 is 0 Å². The van der Waals surface area contributed by atoms with Crippen LogP contribution in [0.15, 0.2) is 60.7 Å². The lowest BCUT2D eigenvalue weighted by Gasteiger charge is -2.40. The number of benzene rings is 2. The third-order valence-electron chi connectivity index (χ3n) is 4.38. The van der Waals surface area contributed by atoms with Crippen LogP contribution in [0.4, 0.5) is 0 Å². The number of aliphatic hydroxyl groups is 1. The second kappa shape index (κ2) is 9.04. The molecule has 0 aliphatic carbocycles. The Hall–Kier alpha value is -1.39. The maximum atomic E-state index is 9.75. The monoisotopic (exact) mass is 332 g/mol. The van der Waals surface area contributed by atoms with Gasteiger partial charge < -0.3 is 5.11 Å². The molecule has 0 amide bonds. The molecule has 0 aromatic heterocycles. The van der Waals surface area contributed by atoms with Gasteiger partial charge in [-0.1, -0.05) is 60.7 Å². The minimum atomic E-state index is 0. The Morgan fingerprint density at radius 1 is 0.826 bits per heavy atom. The average Bonchev–Trinajstić information content (AvgIpc) is 2.58. The Labute approximate surface area is 145 Å². The summed E-state index contributed by atoms with van der Waals surface area (Å²) in [6, 6.07) is 21.3. The summed E-state index contributed by atoms with van der Waals surface area (Å²) in [5.74, 6) is 0. The Balaban J connectivity index is 0.00000192. The lowest BCUT2D eigenvalue weighted by molar-refractivity contribution is 0.0316. The van der Waals surface area contributed by atoms with E-state index < -0.39 is 0 Å². The van der Waals surface area contributed by atoms with Crippen molar-refractivity contribution in [1.82, 2.24) is 9.80 Å². The van der Waals surface area contributed by atoms with Crippen LogP contribution in [0.3, 0.4) is 0 Å². The van der Waals surface area contributed by atoms with Crippen LogP contribution in [0.1, 0.15) is 11.1 Å². The number of nitrogens with zero attached hydrogens (tertiary/aromatic N) is 2. The van der Waals surface area contributed by atoms with Crippen LogP contribution in [0.5, 0.6) is 0 Å². The first-order valence-electron chi connectivity index (χ1n) is 8.00. The molecule has 0 spiro atoms. The van der Waals surface area contributed by atoms with Crippen LogP contribution in [-0.4, -0.2) is 47.2 Å². The zero-order valence-corrected chi connectivity index (χ0v) is 14.2. The molecule has 1 fully saturated rings. The SMILES string of the molecule is Cl.OC[C@H]1CN(Cc2ccccc2)CCN1Cc1ccccc1. The Kier molecular flexibility index (Phi) is 7.06. The highest BCUT2D eigenvalue weighted by Crippen LogP contribution is 2.16. The normalized spacial score (nSPS) is 19.3. The van der Waals surface area contributed by atoms with Gasteiger partial charge in [0.1, 0.15) is 0 Å². The molecule has 1 saturated heterocycles. The predicted molar refractivity (Wildman–Crippen MR) is 96.7 cm³/mol. The van der Waals surface area contributed by atoms with E-state index in [4.69, 9.17) is 0 Å². The molecule has 1 aliphatic heterocycles. The quantitative estimate of drug-likeness (QED) is 0.912. The maximum Gasteiger partial charge on any atom is 0.0599 e. The van der Waals surface area contributed by atoms with E-state index in [9.17, 15) is 5.11 Å². The van der Waals surface area contributed by atoms with E-state index in [0.29, 0.717) is 0 Å². The third kappa shape index (κ3) is 5.05. The zero-order valence-electron chi connectivity index (χ0n) is 13.3. The minimum absolute atomic E-state index is 0. The van der Waals surface area contributed by atoms with Crippen LogP contribution in [0.25, 0.3) is 0 Å². The number of aliphatic hydroxyl groups excluding tert-OH is 1. The van der Waals surface area contributed by atoms with Gasteiger partial charge in [-0.05, 0) is 11.1 Å². The smallest absolute Gasteiger partial charge is 0.0599 e. The highest BCUT2D eigenvalue weighted by atomic mass is 35.5. The second-order valence-corrected chi connectivity index (χ2v) is 6.01. The zero-order chi connectivity index (χ0) is 15.2. The molecule has 3 nitrogen and oxygen atoms in total. The van der Waals surface area contributed by atoms with Crippen molar-refractivity contribution < 1.29 is 5.11 Å². The van der Waals surface area contributed by atoms with Crippen molar-refractivity contribution in [2.24, 2.45) is 0 Å². The molecule has 0 bridgehead atoms. The summed E-state index contributed by atoms with van der Waals surface area (Å²) in [7, 11) is 0. The first-order valence-corrected chi connectivity index (χ1v) is 8.00. The number of rotatable bonds is 5. The van der Waals surface area contributed by atoms with Gasteiger partial charge in [0.25, 0.3) is 0 Å². The van der Waals surface area contributed by atoms with Gasteiger partial charge in [0.2, 0.25) is 0 Å². The van der Waals surface area contributed by atoms with E-state index in [-0.39, 0.29) is 25.1 Å². The molecule has 0 saturated carbocycles. The van der Waals surface area contributed by atoms with E-state index in [1.807, 2.05) is 6.07 Å². The van der Waals surface area contributed by atoms with Gasteiger partial charge >= 0.3 is 0 Å². The molecule has 23 heavy (non-hydrogen) atoms. The fourth-order valence-corrected chi connectivity index (χ4v) is 3.14. The van der Waals surface area contributed by atoms with E-state index in [1.54, 1.807) is 0 Å². The van der Waals surface area contributed by atoms with Gasteiger partial charge in [0.15, 0.2) is 0 Å². The van der Waals surface area contributed by atoms with Crippen molar-refractivity contribution >= 4 is 12.4 Å². The maximum absolute atomic E-state index is 9.75. The largest absolute Gasteiger partial charge is 0.395 e. The summed E-state index contributed by atoms with van der Waals surface area (Å²) in [5.41, 5.74) is 2.66. The molecule has 124 valence electrons. The van der Waals surface area contributed by atoms with Crippen molar-refractivity contribution in [3.05, 3.63) is 71.8 Å². The fourth-order valence-electron chi connectivity index (χ4n) is 3.14. The molecule has 0 unspecified atom stereocenters. The van der Waals surface area contributed by atoms with Crippen molar-refractivity contribution in [2.45, 2.75) is 19.1 Å². The first kappa shape index (κ1) is 18.0. The lowest BCUT2D eigenvalue weighted by Crippen LogP contribution is -2.53. The summed E-state index contributed by atoms with van der Waals surface area (Å²) < 4.78 is 0. The Morgan fingerprint density at radius 3 is 1.96 bits per heavy atom. The third-order valence-corrected chi connectivity index (χ3v) is 4.38. The Bertz CT molecular complexity index is 564. The number of halogens is 1. The molecule has 1 heterocycles. The molecule has 1 atom stereocenters. The molecule has 1 N–H and O–H groups in total. The van der Waals surface area contributed by atoms with Crippen molar-refractivity contribution in [1.29, 1.82) is 0 Å². The van der Waals surface area contributed by atoms with Crippen molar-refractivity contribution in [2.75, 3.05) is 26.2 Å².